The van der Waals surface area contributed by atoms with Gasteiger partial charge < -0.3 is 10.8 Å². The Morgan fingerprint density at radius 2 is 1.76 bits per heavy atom. The summed E-state index contributed by atoms with van der Waals surface area (Å²) in [6.07, 6.45) is 1.84. The Hall–Kier alpha value is -2.48. The van der Waals surface area contributed by atoms with Crippen molar-refractivity contribution in [3.63, 3.8) is 0 Å². The Kier molecular flexibility index (Phi) is 3.53. The van der Waals surface area contributed by atoms with Crippen LogP contribution in [-0.4, -0.2) is 5.11 Å². The van der Waals surface area contributed by atoms with Gasteiger partial charge in [0.1, 0.15) is 5.75 Å². The Balaban J connectivity index is 2.33. The molecule has 0 saturated carbocycles. The molecule has 2 heteroatoms. The quantitative estimate of drug-likeness (QED) is 0.679. The van der Waals surface area contributed by atoms with Crippen LogP contribution in [0.3, 0.4) is 0 Å². The maximum Gasteiger partial charge on any atom is 0.127 e. The molecule has 0 amide bonds. The van der Waals surface area contributed by atoms with Crippen molar-refractivity contribution in [1.82, 2.24) is 0 Å². The third-order valence-corrected chi connectivity index (χ3v) is 3.83. The summed E-state index contributed by atoms with van der Waals surface area (Å²) in [6.45, 7) is 2.12. The zero-order chi connectivity index (χ0) is 14.8. The SMILES string of the molecule is CCCc1c(-c2ccccc2)cc2ccc(N)cc2c1O. The van der Waals surface area contributed by atoms with Crippen LogP contribution < -0.4 is 5.73 Å². The predicted octanol–water partition coefficient (Wildman–Crippen LogP) is 4.75. The number of anilines is 1. The van der Waals surface area contributed by atoms with E-state index in [1.165, 1.54) is 0 Å². The number of fused-ring (bicyclic) bond motifs is 1. The molecule has 3 aromatic rings. The van der Waals surface area contributed by atoms with Crippen LogP contribution in [0, 0.1) is 0 Å². The molecule has 0 aliphatic heterocycles. The van der Waals surface area contributed by atoms with E-state index in [0.29, 0.717) is 11.4 Å². The second kappa shape index (κ2) is 5.49. The molecule has 0 heterocycles. The molecule has 3 N–H and O–H groups in total. The lowest BCUT2D eigenvalue weighted by Crippen LogP contribution is -1.93. The van der Waals surface area contributed by atoms with Gasteiger partial charge in [0.15, 0.2) is 0 Å². The number of phenolic OH excluding ortho intramolecular Hbond substituents is 1. The number of phenols is 1. The molecule has 106 valence electrons. The molecule has 0 aromatic heterocycles. The van der Waals surface area contributed by atoms with Gasteiger partial charge in [-0.3, -0.25) is 0 Å². The molecule has 0 atom stereocenters. The number of benzene rings is 3. The van der Waals surface area contributed by atoms with Crippen molar-refractivity contribution < 1.29 is 5.11 Å². The third-order valence-electron chi connectivity index (χ3n) is 3.83. The molecule has 0 spiro atoms. The standard InChI is InChI=1S/C19H19NO/c1-2-6-16-17(13-7-4-3-5-8-13)11-14-9-10-15(20)12-18(14)19(16)21/h3-5,7-12,21H,2,6,20H2,1H3. The van der Waals surface area contributed by atoms with Crippen molar-refractivity contribution in [3.05, 3.63) is 60.2 Å². The molecule has 21 heavy (non-hydrogen) atoms. The number of nitrogens with two attached hydrogens (primary N) is 1. The van der Waals surface area contributed by atoms with Gasteiger partial charge in [-0.2, -0.15) is 0 Å². The zero-order valence-corrected chi connectivity index (χ0v) is 12.1. The van der Waals surface area contributed by atoms with Gasteiger partial charge >= 0.3 is 0 Å². The summed E-state index contributed by atoms with van der Waals surface area (Å²) in [5.74, 6) is 0.362. The molecule has 3 aromatic carbocycles. The minimum absolute atomic E-state index is 0.362. The van der Waals surface area contributed by atoms with Gasteiger partial charge in [0.2, 0.25) is 0 Å². The minimum atomic E-state index is 0.362. The second-order valence-electron chi connectivity index (χ2n) is 5.35. The average Bonchev–Trinajstić information content (AvgIpc) is 2.51. The summed E-state index contributed by atoms with van der Waals surface area (Å²) in [5.41, 5.74) is 9.77. The van der Waals surface area contributed by atoms with Gasteiger partial charge in [0.25, 0.3) is 0 Å². The van der Waals surface area contributed by atoms with E-state index in [1.54, 1.807) is 0 Å². The van der Waals surface area contributed by atoms with Gasteiger partial charge in [-0.1, -0.05) is 49.7 Å². The molecule has 0 fully saturated rings. The van der Waals surface area contributed by atoms with Crippen LogP contribution in [0.4, 0.5) is 5.69 Å². The van der Waals surface area contributed by atoms with Gasteiger partial charge in [-0.25, -0.2) is 0 Å². The number of nitrogen functional groups attached to an aromatic ring is 1. The third kappa shape index (κ3) is 2.45. The summed E-state index contributed by atoms with van der Waals surface area (Å²) >= 11 is 0. The Morgan fingerprint density at radius 1 is 1.00 bits per heavy atom. The summed E-state index contributed by atoms with van der Waals surface area (Å²) < 4.78 is 0. The van der Waals surface area contributed by atoms with E-state index in [1.807, 2.05) is 36.4 Å². The molecule has 0 aliphatic rings. The van der Waals surface area contributed by atoms with Crippen molar-refractivity contribution in [2.75, 3.05) is 5.73 Å². The number of aromatic hydroxyl groups is 1. The molecule has 0 saturated heterocycles. The summed E-state index contributed by atoms with van der Waals surface area (Å²) in [4.78, 5) is 0. The van der Waals surface area contributed by atoms with Crippen molar-refractivity contribution in [2.45, 2.75) is 19.8 Å². The van der Waals surface area contributed by atoms with Crippen LogP contribution in [-0.2, 0) is 6.42 Å². The highest BCUT2D eigenvalue weighted by Crippen LogP contribution is 2.38. The Morgan fingerprint density at radius 3 is 2.48 bits per heavy atom. The van der Waals surface area contributed by atoms with Gasteiger partial charge in [0.05, 0.1) is 0 Å². The summed E-state index contributed by atoms with van der Waals surface area (Å²) in [6, 6.07) is 18.0. The van der Waals surface area contributed by atoms with Crippen molar-refractivity contribution in [2.24, 2.45) is 0 Å². The number of rotatable bonds is 3. The maximum absolute atomic E-state index is 10.7. The first-order valence-corrected chi connectivity index (χ1v) is 7.30. The summed E-state index contributed by atoms with van der Waals surface area (Å²) in [7, 11) is 0. The first kappa shape index (κ1) is 13.5. The van der Waals surface area contributed by atoms with Crippen LogP contribution >= 0.6 is 0 Å². The fraction of sp³-hybridized carbons (Fsp3) is 0.158. The predicted molar refractivity (Wildman–Crippen MR) is 89.5 cm³/mol. The van der Waals surface area contributed by atoms with E-state index in [9.17, 15) is 5.11 Å². The first-order valence-electron chi connectivity index (χ1n) is 7.30. The normalized spacial score (nSPS) is 10.9. The zero-order valence-electron chi connectivity index (χ0n) is 12.1. The van der Waals surface area contributed by atoms with E-state index >= 15 is 0 Å². The fourth-order valence-electron chi connectivity index (χ4n) is 2.82. The minimum Gasteiger partial charge on any atom is -0.507 e. The number of hydrogen-bond acceptors (Lipinski definition) is 2. The van der Waals surface area contributed by atoms with E-state index in [4.69, 9.17) is 5.73 Å². The Labute approximate surface area is 124 Å². The molecule has 0 radical (unpaired) electrons. The second-order valence-corrected chi connectivity index (χ2v) is 5.35. The van der Waals surface area contributed by atoms with Crippen LogP contribution in [0.15, 0.2) is 54.6 Å². The molecule has 0 unspecified atom stereocenters. The highest BCUT2D eigenvalue weighted by Gasteiger charge is 2.13. The van der Waals surface area contributed by atoms with Crippen LogP contribution in [0.5, 0.6) is 5.75 Å². The molecular formula is C19H19NO. The van der Waals surface area contributed by atoms with Crippen LogP contribution in [0.25, 0.3) is 21.9 Å². The van der Waals surface area contributed by atoms with E-state index in [2.05, 4.69) is 25.1 Å². The number of hydrogen-bond donors (Lipinski definition) is 2. The summed E-state index contributed by atoms with van der Waals surface area (Å²) in [5, 5.41) is 12.5. The van der Waals surface area contributed by atoms with Gasteiger partial charge in [0, 0.05) is 16.6 Å². The van der Waals surface area contributed by atoms with Crippen molar-refractivity contribution in [3.8, 4) is 16.9 Å². The van der Waals surface area contributed by atoms with Crippen molar-refractivity contribution >= 4 is 16.5 Å². The van der Waals surface area contributed by atoms with E-state index in [0.717, 1.165) is 40.3 Å². The lowest BCUT2D eigenvalue weighted by atomic mass is 9.92. The maximum atomic E-state index is 10.7. The van der Waals surface area contributed by atoms with Gasteiger partial charge in [-0.15, -0.1) is 0 Å². The monoisotopic (exact) mass is 277 g/mol. The molecule has 0 aliphatic carbocycles. The highest BCUT2D eigenvalue weighted by molar-refractivity contribution is 5.96. The Bertz CT molecular complexity index is 778. The smallest absolute Gasteiger partial charge is 0.127 e. The molecular weight excluding hydrogens is 258 g/mol. The first-order chi connectivity index (χ1) is 10.2. The fourth-order valence-corrected chi connectivity index (χ4v) is 2.82. The molecule has 2 nitrogen and oxygen atoms in total. The molecule has 3 rings (SSSR count). The topological polar surface area (TPSA) is 46.2 Å². The van der Waals surface area contributed by atoms with Crippen molar-refractivity contribution in [1.29, 1.82) is 0 Å². The highest BCUT2D eigenvalue weighted by atomic mass is 16.3. The van der Waals surface area contributed by atoms with E-state index < -0.39 is 0 Å². The van der Waals surface area contributed by atoms with E-state index in [-0.39, 0.29) is 0 Å². The largest absolute Gasteiger partial charge is 0.507 e. The average molecular weight is 277 g/mol. The molecule has 0 bridgehead atoms. The van der Waals surface area contributed by atoms with Crippen LogP contribution in [0.2, 0.25) is 0 Å². The van der Waals surface area contributed by atoms with Gasteiger partial charge in [-0.05, 0) is 41.1 Å². The lowest BCUT2D eigenvalue weighted by molar-refractivity contribution is 0.474. The van der Waals surface area contributed by atoms with Crippen LogP contribution in [0.1, 0.15) is 18.9 Å². The lowest BCUT2D eigenvalue weighted by Gasteiger charge is -2.14.